The van der Waals surface area contributed by atoms with E-state index in [-0.39, 0.29) is 19.2 Å². The lowest BCUT2D eigenvalue weighted by Gasteiger charge is -2.30. The van der Waals surface area contributed by atoms with Crippen molar-refractivity contribution in [2.45, 2.75) is 39.9 Å². The van der Waals surface area contributed by atoms with Gasteiger partial charge in [-0.3, -0.25) is 0 Å². The highest BCUT2D eigenvalue weighted by molar-refractivity contribution is 5.92. The van der Waals surface area contributed by atoms with Gasteiger partial charge in [0.1, 0.15) is 12.2 Å². The molecule has 0 atom stereocenters. The molecule has 1 heterocycles. The second-order valence-electron chi connectivity index (χ2n) is 7.59. The smallest absolute Gasteiger partial charge is 0.338 e. The van der Waals surface area contributed by atoms with E-state index in [1.54, 1.807) is 0 Å². The average Bonchev–Trinajstić information content (AvgIpc) is 2.61. The molecule has 1 aliphatic rings. The quantitative estimate of drug-likeness (QED) is 0.759. The number of hydrogen-bond acceptors (Lipinski definition) is 7. The van der Waals surface area contributed by atoms with Crippen LogP contribution in [0.1, 0.15) is 42.3 Å². The average molecular weight is 378 g/mol. The Balaban J connectivity index is 2.15. The number of hydrogen-bond donors (Lipinski definition) is 1. The highest BCUT2D eigenvalue weighted by Gasteiger charge is 2.20. The van der Waals surface area contributed by atoms with E-state index in [2.05, 4.69) is 10.2 Å². The molecule has 0 radical (unpaired) electrons. The van der Waals surface area contributed by atoms with Crippen molar-refractivity contribution in [1.29, 1.82) is 0 Å². The van der Waals surface area contributed by atoms with Crippen molar-refractivity contribution in [3.05, 3.63) is 28.8 Å². The number of nitrogens with zero attached hydrogens (tertiary/aromatic N) is 1. The van der Waals surface area contributed by atoms with Crippen LogP contribution in [-0.2, 0) is 25.6 Å². The predicted molar refractivity (Wildman–Crippen MR) is 103 cm³/mol. The minimum Gasteiger partial charge on any atom is -0.465 e. The fraction of sp³-hybridized carbons (Fsp3) is 0.600. The highest BCUT2D eigenvalue weighted by atomic mass is 16.6. The zero-order valence-corrected chi connectivity index (χ0v) is 16.9. The number of carbonyl (C=O) groups excluding carboxylic acids is 2. The van der Waals surface area contributed by atoms with Crippen LogP contribution in [0.3, 0.4) is 0 Å². The van der Waals surface area contributed by atoms with E-state index in [0.29, 0.717) is 5.56 Å². The third kappa shape index (κ3) is 6.22. The van der Waals surface area contributed by atoms with Gasteiger partial charge in [0.25, 0.3) is 0 Å². The maximum atomic E-state index is 12.2. The SMILES string of the molecule is COC(=O)c1cc(N2CCNCC2)cc(COCC(=O)OC(C)(C)C)c1C. The van der Waals surface area contributed by atoms with Crippen LogP contribution in [0.15, 0.2) is 12.1 Å². The Morgan fingerprint density at radius 1 is 1.19 bits per heavy atom. The monoisotopic (exact) mass is 378 g/mol. The van der Waals surface area contributed by atoms with Crippen LogP contribution in [0, 0.1) is 6.92 Å². The maximum Gasteiger partial charge on any atom is 0.338 e. The van der Waals surface area contributed by atoms with Gasteiger partial charge in [-0.25, -0.2) is 9.59 Å². The third-order valence-electron chi connectivity index (χ3n) is 4.28. The Morgan fingerprint density at radius 3 is 2.44 bits per heavy atom. The lowest BCUT2D eigenvalue weighted by Crippen LogP contribution is -2.43. The van der Waals surface area contributed by atoms with E-state index in [9.17, 15) is 9.59 Å². The number of esters is 2. The normalized spacial score (nSPS) is 14.8. The molecule has 7 nitrogen and oxygen atoms in total. The van der Waals surface area contributed by atoms with E-state index in [1.165, 1.54) is 7.11 Å². The van der Waals surface area contributed by atoms with Gasteiger partial charge in [-0.2, -0.15) is 0 Å². The molecule has 0 saturated carbocycles. The van der Waals surface area contributed by atoms with Crippen LogP contribution in [0.5, 0.6) is 0 Å². The number of rotatable bonds is 6. The van der Waals surface area contributed by atoms with Gasteiger partial charge < -0.3 is 24.4 Å². The Kier molecular flexibility index (Phi) is 7.21. The first kappa shape index (κ1) is 21.2. The standard InChI is InChI=1S/C20H30N2O5/c1-14-15(12-26-13-18(23)27-20(2,3)4)10-16(11-17(14)19(24)25-5)22-8-6-21-7-9-22/h10-11,21H,6-9,12-13H2,1-5H3. The number of ether oxygens (including phenoxy) is 3. The van der Waals surface area contributed by atoms with Crippen molar-refractivity contribution in [2.24, 2.45) is 0 Å². The van der Waals surface area contributed by atoms with Crippen molar-refractivity contribution in [3.63, 3.8) is 0 Å². The first-order valence-electron chi connectivity index (χ1n) is 9.18. The Morgan fingerprint density at radius 2 is 1.85 bits per heavy atom. The molecule has 1 aliphatic heterocycles. The van der Waals surface area contributed by atoms with Crippen LogP contribution >= 0.6 is 0 Å². The molecule has 1 N–H and O–H groups in total. The Bertz CT molecular complexity index is 676. The van der Waals surface area contributed by atoms with E-state index in [4.69, 9.17) is 14.2 Å². The largest absolute Gasteiger partial charge is 0.465 e. The second kappa shape index (κ2) is 9.19. The zero-order chi connectivity index (χ0) is 20.0. The summed E-state index contributed by atoms with van der Waals surface area (Å²) in [4.78, 5) is 26.2. The molecule has 0 aromatic heterocycles. The minimum atomic E-state index is -0.545. The maximum absolute atomic E-state index is 12.2. The molecule has 2 rings (SSSR count). The fourth-order valence-electron chi connectivity index (χ4n) is 2.95. The van der Waals surface area contributed by atoms with E-state index in [1.807, 2.05) is 39.8 Å². The Hall–Kier alpha value is -2.12. The van der Waals surface area contributed by atoms with Crippen molar-refractivity contribution < 1.29 is 23.8 Å². The van der Waals surface area contributed by atoms with Gasteiger partial charge in [0.05, 0.1) is 19.3 Å². The molecular weight excluding hydrogens is 348 g/mol. The molecule has 0 unspecified atom stereocenters. The summed E-state index contributed by atoms with van der Waals surface area (Å²) in [6.45, 7) is 10.9. The molecule has 1 saturated heterocycles. The van der Waals surface area contributed by atoms with Crippen molar-refractivity contribution in [2.75, 3.05) is 44.8 Å². The highest BCUT2D eigenvalue weighted by Crippen LogP contribution is 2.25. The number of piperazine rings is 1. The van der Waals surface area contributed by atoms with Gasteiger partial charge in [-0.1, -0.05) is 0 Å². The van der Waals surface area contributed by atoms with E-state index >= 15 is 0 Å². The molecule has 7 heteroatoms. The fourth-order valence-corrected chi connectivity index (χ4v) is 2.95. The molecule has 0 aliphatic carbocycles. The molecule has 1 aromatic rings. The summed E-state index contributed by atoms with van der Waals surface area (Å²) in [6, 6.07) is 3.88. The van der Waals surface area contributed by atoms with Crippen LogP contribution in [0.2, 0.25) is 0 Å². The summed E-state index contributed by atoms with van der Waals surface area (Å²) in [7, 11) is 1.37. The van der Waals surface area contributed by atoms with Gasteiger partial charge in [-0.05, 0) is 51.0 Å². The summed E-state index contributed by atoms with van der Waals surface area (Å²) in [6.07, 6.45) is 0. The molecule has 0 spiro atoms. The summed E-state index contributed by atoms with van der Waals surface area (Å²) < 4.78 is 15.7. The number of carbonyl (C=O) groups is 2. The zero-order valence-electron chi connectivity index (χ0n) is 16.9. The summed E-state index contributed by atoms with van der Waals surface area (Å²) in [5, 5.41) is 3.31. The van der Waals surface area contributed by atoms with Crippen LogP contribution < -0.4 is 10.2 Å². The molecule has 1 fully saturated rings. The summed E-state index contributed by atoms with van der Waals surface area (Å²) in [5.74, 6) is -0.788. The number of nitrogens with one attached hydrogen (secondary N) is 1. The first-order chi connectivity index (χ1) is 12.7. The summed E-state index contributed by atoms with van der Waals surface area (Å²) in [5.41, 5.74) is 2.58. The van der Waals surface area contributed by atoms with Crippen molar-refractivity contribution >= 4 is 17.6 Å². The second-order valence-corrected chi connectivity index (χ2v) is 7.59. The first-order valence-corrected chi connectivity index (χ1v) is 9.18. The predicted octanol–water partition coefficient (Wildman–Crippen LogP) is 2.05. The molecule has 27 heavy (non-hydrogen) atoms. The van der Waals surface area contributed by atoms with Crippen LogP contribution in [0.25, 0.3) is 0 Å². The lowest BCUT2D eigenvalue weighted by atomic mass is 10.0. The topological polar surface area (TPSA) is 77.1 Å². The lowest BCUT2D eigenvalue weighted by molar-refractivity contribution is -0.160. The molecule has 0 bridgehead atoms. The van der Waals surface area contributed by atoms with E-state index in [0.717, 1.165) is 43.0 Å². The number of methoxy groups -OCH3 is 1. The third-order valence-corrected chi connectivity index (χ3v) is 4.28. The van der Waals surface area contributed by atoms with Crippen molar-refractivity contribution in [3.8, 4) is 0 Å². The van der Waals surface area contributed by atoms with Crippen LogP contribution in [0.4, 0.5) is 5.69 Å². The minimum absolute atomic E-state index is 0.137. The van der Waals surface area contributed by atoms with Gasteiger partial charge in [0.15, 0.2) is 0 Å². The summed E-state index contributed by atoms with van der Waals surface area (Å²) >= 11 is 0. The number of benzene rings is 1. The number of anilines is 1. The van der Waals surface area contributed by atoms with Crippen LogP contribution in [-0.4, -0.2) is 57.4 Å². The Labute approximate surface area is 161 Å². The molecule has 0 amide bonds. The molecule has 1 aromatic carbocycles. The molecule has 150 valence electrons. The molecular formula is C20H30N2O5. The van der Waals surface area contributed by atoms with Gasteiger partial charge in [0.2, 0.25) is 0 Å². The van der Waals surface area contributed by atoms with Gasteiger partial charge in [0, 0.05) is 31.9 Å². The van der Waals surface area contributed by atoms with Gasteiger partial charge in [-0.15, -0.1) is 0 Å². The van der Waals surface area contributed by atoms with Crippen molar-refractivity contribution in [1.82, 2.24) is 5.32 Å². The van der Waals surface area contributed by atoms with Gasteiger partial charge >= 0.3 is 11.9 Å². The van der Waals surface area contributed by atoms with E-state index < -0.39 is 11.6 Å².